The Bertz CT molecular complexity index is 469. The van der Waals surface area contributed by atoms with Gasteiger partial charge in [0, 0.05) is 12.1 Å². The Kier molecular flexibility index (Phi) is 5.35. The van der Waals surface area contributed by atoms with E-state index in [1.807, 2.05) is 6.92 Å². The number of nitrogens with one attached hydrogen (secondary N) is 2. The Hall–Kier alpha value is -2.05. The van der Waals surface area contributed by atoms with E-state index in [2.05, 4.69) is 10.6 Å². The number of amides is 2. The Morgan fingerprint density at radius 3 is 2.21 bits per heavy atom. The van der Waals surface area contributed by atoms with Crippen molar-refractivity contribution in [2.45, 2.75) is 13.3 Å². The topological polar surface area (TPSA) is 58.2 Å². The molecule has 4 nitrogen and oxygen atoms in total. The van der Waals surface area contributed by atoms with Gasteiger partial charge < -0.3 is 10.6 Å². The largest absolute Gasteiger partial charge is 0.355 e. The van der Waals surface area contributed by atoms with Crippen LogP contribution in [0.15, 0.2) is 12.1 Å². The number of hydrogen-bond acceptors (Lipinski definition) is 2. The highest BCUT2D eigenvalue weighted by molar-refractivity contribution is 5.96. The summed E-state index contributed by atoms with van der Waals surface area (Å²) in [4.78, 5) is 22.7. The summed E-state index contributed by atoms with van der Waals surface area (Å²) in [5.74, 6) is -5.83. The summed E-state index contributed by atoms with van der Waals surface area (Å²) in [6.07, 6.45) is 0.744. The maximum Gasteiger partial charge on any atom is 0.251 e. The highest BCUT2D eigenvalue weighted by atomic mass is 19.2. The number of carbonyl (C=O) groups is 2. The van der Waals surface area contributed by atoms with Crippen LogP contribution in [-0.2, 0) is 4.79 Å². The molecule has 0 aliphatic rings. The zero-order valence-electron chi connectivity index (χ0n) is 10.2. The van der Waals surface area contributed by atoms with Crippen LogP contribution in [0.2, 0.25) is 0 Å². The van der Waals surface area contributed by atoms with Crippen molar-refractivity contribution in [2.24, 2.45) is 0 Å². The second-order valence-corrected chi connectivity index (χ2v) is 3.79. The Morgan fingerprint density at radius 2 is 1.68 bits per heavy atom. The van der Waals surface area contributed by atoms with Gasteiger partial charge in [-0.05, 0) is 18.6 Å². The van der Waals surface area contributed by atoms with Crippen LogP contribution in [0.25, 0.3) is 0 Å². The predicted octanol–water partition coefficient (Wildman–Crippen LogP) is 1.36. The van der Waals surface area contributed by atoms with Gasteiger partial charge in [-0.3, -0.25) is 9.59 Å². The van der Waals surface area contributed by atoms with Gasteiger partial charge in [0.1, 0.15) is 0 Å². The lowest BCUT2D eigenvalue weighted by Gasteiger charge is -2.06. The summed E-state index contributed by atoms with van der Waals surface area (Å²) >= 11 is 0. The average molecular weight is 274 g/mol. The Labute approximate surface area is 108 Å². The first kappa shape index (κ1) is 15.0. The van der Waals surface area contributed by atoms with E-state index in [1.54, 1.807) is 0 Å². The fourth-order valence-corrected chi connectivity index (χ4v) is 1.28. The molecule has 19 heavy (non-hydrogen) atoms. The molecule has 0 spiro atoms. The van der Waals surface area contributed by atoms with Crippen LogP contribution in [0.1, 0.15) is 23.7 Å². The van der Waals surface area contributed by atoms with Crippen molar-refractivity contribution in [1.29, 1.82) is 0 Å². The van der Waals surface area contributed by atoms with Gasteiger partial charge in [-0.2, -0.15) is 0 Å². The molecule has 0 aromatic heterocycles. The molecule has 0 bridgehead atoms. The molecule has 0 saturated carbocycles. The molecule has 1 aromatic carbocycles. The van der Waals surface area contributed by atoms with Crippen molar-refractivity contribution in [2.75, 3.05) is 13.1 Å². The molecule has 1 rings (SSSR count). The van der Waals surface area contributed by atoms with Crippen molar-refractivity contribution < 1.29 is 22.8 Å². The molecule has 0 radical (unpaired) electrons. The normalized spacial score (nSPS) is 10.1. The lowest BCUT2D eigenvalue weighted by Crippen LogP contribution is -2.37. The lowest BCUT2D eigenvalue weighted by molar-refractivity contribution is -0.120. The summed E-state index contributed by atoms with van der Waals surface area (Å²) in [7, 11) is 0. The van der Waals surface area contributed by atoms with Crippen LogP contribution in [0, 0.1) is 17.5 Å². The summed E-state index contributed by atoms with van der Waals surface area (Å²) in [5.41, 5.74) is -0.389. The minimum atomic E-state index is -1.64. The molecule has 0 atom stereocenters. The molecule has 0 saturated heterocycles. The second-order valence-electron chi connectivity index (χ2n) is 3.79. The van der Waals surface area contributed by atoms with Crippen LogP contribution in [-0.4, -0.2) is 24.9 Å². The molecule has 2 amide bonds. The third kappa shape index (κ3) is 4.27. The molecule has 0 aliphatic heterocycles. The minimum Gasteiger partial charge on any atom is -0.355 e. The number of halogens is 3. The van der Waals surface area contributed by atoms with Gasteiger partial charge in [0.25, 0.3) is 5.91 Å². The highest BCUT2D eigenvalue weighted by Gasteiger charge is 2.15. The SMILES string of the molecule is CCCNC(=O)CNC(=O)c1cc(F)c(F)c(F)c1. The molecular formula is C12H13F3N2O2. The third-order valence-corrected chi connectivity index (χ3v) is 2.23. The molecule has 0 unspecified atom stereocenters. The summed E-state index contributed by atoms with van der Waals surface area (Å²) in [6.45, 7) is 2.01. The van der Waals surface area contributed by atoms with Crippen molar-refractivity contribution >= 4 is 11.8 Å². The van der Waals surface area contributed by atoms with Gasteiger partial charge >= 0.3 is 0 Å². The van der Waals surface area contributed by atoms with E-state index in [9.17, 15) is 22.8 Å². The first-order valence-electron chi connectivity index (χ1n) is 5.65. The zero-order valence-corrected chi connectivity index (χ0v) is 10.2. The predicted molar refractivity (Wildman–Crippen MR) is 61.9 cm³/mol. The monoisotopic (exact) mass is 274 g/mol. The van der Waals surface area contributed by atoms with Crippen LogP contribution < -0.4 is 10.6 Å². The standard InChI is InChI=1S/C12H13F3N2O2/c1-2-3-16-10(18)6-17-12(19)7-4-8(13)11(15)9(14)5-7/h4-5H,2-3,6H2,1H3,(H,16,18)(H,17,19). The fourth-order valence-electron chi connectivity index (χ4n) is 1.28. The van der Waals surface area contributed by atoms with Crippen LogP contribution >= 0.6 is 0 Å². The summed E-state index contributed by atoms with van der Waals surface area (Å²) < 4.78 is 38.5. The maximum atomic E-state index is 12.9. The van der Waals surface area contributed by atoms with Crippen LogP contribution in [0.3, 0.4) is 0 Å². The smallest absolute Gasteiger partial charge is 0.251 e. The van der Waals surface area contributed by atoms with Gasteiger partial charge in [-0.15, -0.1) is 0 Å². The molecule has 104 valence electrons. The molecule has 1 aromatic rings. The first-order valence-corrected chi connectivity index (χ1v) is 5.65. The molecule has 2 N–H and O–H groups in total. The van der Waals surface area contributed by atoms with E-state index in [0.29, 0.717) is 18.7 Å². The number of carbonyl (C=O) groups excluding carboxylic acids is 2. The minimum absolute atomic E-state index is 0.320. The highest BCUT2D eigenvalue weighted by Crippen LogP contribution is 2.13. The van der Waals surface area contributed by atoms with E-state index in [1.165, 1.54) is 0 Å². The van der Waals surface area contributed by atoms with Crippen molar-refractivity contribution in [3.63, 3.8) is 0 Å². The van der Waals surface area contributed by atoms with E-state index in [-0.39, 0.29) is 12.1 Å². The molecule has 0 heterocycles. The van der Waals surface area contributed by atoms with Crippen LogP contribution in [0.4, 0.5) is 13.2 Å². The van der Waals surface area contributed by atoms with E-state index in [4.69, 9.17) is 0 Å². The number of rotatable bonds is 5. The van der Waals surface area contributed by atoms with Gasteiger partial charge in [0.2, 0.25) is 5.91 Å². The third-order valence-electron chi connectivity index (χ3n) is 2.23. The number of hydrogen-bond donors (Lipinski definition) is 2. The average Bonchev–Trinajstić information content (AvgIpc) is 2.39. The molecular weight excluding hydrogens is 261 g/mol. The first-order chi connectivity index (χ1) is 8.95. The molecule has 7 heteroatoms. The maximum absolute atomic E-state index is 12.9. The molecule has 0 fully saturated rings. The summed E-state index contributed by atoms with van der Waals surface area (Å²) in [6, 6.07) is 1.13. The quantitative estimate of drug-likeness (QED) is 0.796. The second kappa shape index (κ2) is 6.77. The van der Waals surface area contributed by atoms with Crippen molar-refractivity contribution in [1.82, 2.24) is 10.6 Å². The van der Waals surface area contributed by atoms with Gasteiger partial charge in [0.05, 0.1) is 6.54 Å². The van der Waals surface area contributed by atoms with E-state index in [0.717, 1.165) is 6.42 Å². The van der Waals surface area contributed by atoms with Gasteiger partial charge in [-0.1, -0.05) is 6.92 Å². The van der Waals surface area contributed by atoms with Gasteiger partial charge in [-0.25, -0.2) is 13.2 Å². The Morgan fingerprint density at radius 1 is 1.11 bits per heavy atom. The lowest BCUT2D eigenvalue weighted by atomic mass is 10.2. The van der Waals surface area contributed by atoms with Crippen molar-refractivity contribution in [3.8, 4) is 0 Å². The van der Waals surface area contributed by atoms with Crippen LogP contribution in [0.5, 0.6) is 0 Å². The van der Waals surface area contributed by atoms with Crippen molar-refractivity contribution in [3.05, 3.63) is 35.1 Å². The zero-order chi connectivity index (χ0) is 14.4. The number of benzene rings is 1. The molecule has 0 aliphatic carbocycles. The fraction of sp³-hybridized carbons (Fsp3) is 0.333. The summed E-state index contributed by atoms with van der Waals surface area (Å²) in [5, 5.41) is 4.68. The van der Waals surface area contributed by atoms with E-state index < -0.39 is 29.3 Å². The van der Waals surface area contributed by atoms with Gasteiger partial charge in [0.15, 0.2) is 17.5 Å². The Balaban J connectivity index is 2.61. The van der Waals surface area contributed by atoms with E-state index >= 15 is 0 Å².